The summed E-state index contributed by atoms with van der Waals surface area (Å²) in [5, 5.41) is 0. The molecule has 0 aliphatic heterocycles. The first-order valence-corrected chi connectivity index (χ1v) is 8.47. The van der Waals surface area contributed by atoms with Crippen molar-refractivity contribution in [2.75, 3.05) is 11.9 Å². The summed E-state index contributed by atoms with van der Waals surface area (Å²) in [5.41, 5.74) is 4.16. The fourth-order valence-electron chi connectivity index (χ4n) is 3.01. The Hall–Kier alpha value is -3.34. The van der Waals surface area contributed by atoms with E-state index in [1.54, 1.807) is 6.33 Å². The highest BCUT2D eigenvalue weighted by atomic mass is 16.5. The zero-order valence-electron chi connectivity index (χ0n) is 15.0. The number of benzene rings is 2. The van der Waals surface area contributed by atoms with Gasteiger partial charge in [-0.15, -0.1) is 0 Å². The first-order chi connectivity index (χ1) is 12.6. The Bertz CT molecular complexity index is 1040. The predicted molar refractivity (Wildman–Crippen MR) is 104 cm³/mol. The van der Waals surface area contributed by atoms with E-state index in [0.717, 1.165) is 39.7 Å². The molecule has 5 nitrogen and oxygen atoms in total. The van der Waals surface area contributed by atoms with Crippen LogP contribution in [0.15, 0.2) is 67.0 Å². The highest BCUT2D eigenvalue weighted by molar-refractivity contribution is 5.89. The van der Waals surface area contributed by atoms with Gasteiger partial charge in [0.15, 0.2) is 5.82 Å². The molecule has 26 heavy (non-hydrogen) atoms. The van der Waals surface area contributed by atoms with Gasteiger partial charge < -0.3 is 14.2 Å². The number of aromatic nitrogens is 3. The minimum atomic E-state index is 0.802. The third-order valence-electron chi connectivity index (χ3n) is 4.56. The van der Waals surface area contributed by atoms with E-state index in [0.29, 0.717) is 0 Å². The molecule has 4 aromatic rings. The summed E-state index contributed by atoms with van der Waals surface area (Å²) in [4.78, 5) is 11.0. The molecule has 0 fully saturated rings. The van der Waals surface area contributed by atoms with E-state index in [-0.39, 0.29) is 0 Å². The van der Waals surface area contributed by atoms with Crippen molar-refractivity contribution in [3.05, 3.63) is 72.7 Å². The lowest BCUT2D eigenvalue weighted by molar-refractivity contribution is 0.483. The SMILES string of the molecule is Cc1cc2ncnc(N(C)c3ccc(Oc4ccccc4)cc3)c2n1C. The van der Waals surface area contributed by atoms with Crippen LogP contribution < -0.4 is 9.64 Å². The summed E-state index contributed by atoms with van der Waals surface area (Å²) in [7, 11) is 4.05. The van der Waals surface area contributed by atoms with E-state index >= 15 is 0 Å². The average molecular weight is 344 g/mol. The molecule has 0 amide bonds. The van der Waals surface area contributed by atoms with Crippen molar-refractivity contribution in [2.24, 2.45) is 7.05 Å². The van der Waals surface area contributed by atoms with Crippen molar-refractivity contribution in [1.82, 2.24) is 14.5 Å². The maximum atomic E-state index is 5.86. The molecule has 0 radical (unpaired) electrons. The second-order valence-corrected chi connectivity index (χ2v) is 6.24. The molecule has 0 saturated heterocycles. The second kappa shape index (κ2) is 6.52. The first-order valence-electron chi connectivity index (χ1n) is 8.47. The van der Waals surface area contributed by atoms with Crippen molar-refractivity contribution < 1.29 is 4.74 Å². The topological polar surface area (TPSA) is 43.2 Å². The highest BCUT2D eigenvalue weighted by Gasteiger charge is 2.14. The van der Waals surface area contributed by atoms with Gasteiger partial charge in [0.2, 0.25) is 0 Å². The van der Waals surface area contributed by atoms with Crippen molar-refractivity contribution in [2.45, 2.75) is 6.92 Å². The minimum absolute atomic E-state index is 0.802. The Morgan fingerprint density at radius 1 is 0.923 bits per heavy atom. The Balaban J connectivity index is 1.64. The number of nitrogens with zero attached hydrogens (tertiary/aromatic N) is 4. The molecule has 0 N–H and O–H groups in total. The van der Waals surface area contributed by atoms with Crippen LogP contribution in [0.2, 0.25) is 0 Å². The predicted octanol–water partition coefficient (Wildman–Crippen LogP) is 4.84. The second-order valence-electron chi connectivity index (χ2n) is 6.24. The minimum Gasteiger partial charge on any atom is -0.457 e. The molecule has 0 spiro atoms. The van der Waals surface area contributed by atoms with E-state index in [2.05, 4.69) is 32.4 Å². The van der Waals surface area contributed by atoms with Gasteiger partial charge in [0.05, 0.1) is 5.52 Å². The Kier molecular flexibility index (Phi) is 4.05. The number of para-hydroxylation sites is 1. The molecule has 4 rings (SSSR count). The average Bonchev–Trinajstić information content (AvgIpc) is 2.97. The third-order valence-corrected chi connectivity index (χ3v) is 4.56. The van der Waals surface area contributed by atoms with Crippen LogP contribution in [0.5, 0.6) is 11.5 Å². The van der Waals surface area contributed by atoms with Crippen LogP contribution in [0.1, 0.15) is 5.69 Å². The highest BCUT2D eigenvalue weighted by Crippen LogP contribution is 2.31. The summed E-state index contributed by atoms with van der Waals surface area (Å²) >= 11 is 0. The van der Waals surface area contributed by atoms with Crippen molar-refractivity contribution in [1.29, 1.82) is 0 Å². The summed E-state index contributed by atoms with van der Waals surface area (Å²) in [6.07, 6.45) is 1.61. The van der Waals surface area contributed by atoms with Gasteiger partial charge in [0.25, 0.3) is 0 Å². The number of rotatable bonds is 4. The molecule has 0 aliphatic rings. The van der Waals surface area contributed by atoms with Crippen LogP contribution in [0.3, 0.4) is 0 Å². The van der Waals surface area contributed by atoms with E-state index in [1.807, 2.05) is 68.7 Å². The van der Waals surface area contributed by atoms with Crippen molar-refractivity contribution >= 4 is 22.5 Å². The molecule has 130 valence electrons. The first kappa shape index (κ1) is 16.1. The summed E-state index contributed by atoms with van der Waals surface area (Å²) in [6, 6.07) is 19.8. The molecular formula is C21H20N4O. The quantitative estimate of drug-likeness (QED) is 0.531. The lowest BCUT2D eigenvalue weighted by Gasteiger charge is -2.20. The normalized spacial score (nSPS) is 10.9. The van der Waals surface area contributed by atoms with Crippen LogP contribution >= 0.6 is 0 Å². The van der Waals surface area contributed by atoms with Crippen molar-refractivity contribution in [3.8, 4) is 11.5 Å². The standard InChI is InChI=1S/C21H20N4O/c1-15-13-19-20(24(15)2)21(23-14-22-19)25(3)16-9-11-18(12-10-16)26-17-7-5-4-6-8-17/h4-14H,1-3H3. The molecule has 5 heteroatoms. The van der Waals surface area contributed by atoms with Crippen LogP contribution in [-0.4, -0.2) is 21.6 Å². The smallest absolute Gasteiger partial charge is 0.160 e. The van der Waals surface area contributed by atoms with Gasteiger partial charge in [-0.1, -0.05) is 18.2 Å². The van der Waals surface area contributed by atoms with Crippen molar-refractivity contribution in [3.63, 3.8) is 0 Å². The van der Waals surface area contributed by atoms with E-state index in [4.69, 9.17) is 4.74 Å². The third kappa shape index (κ3) is 2.88. The van der Waals surface area contributed by atoms with E-state index in [1.165, 1.54) is 0 Å². The number of fused-ring (bicyclic) bond motifs is 1. The molecule has 2 aromatic carbocycles. The number of hydrogen-bond acceptors (Lipinski definition) is 4. The molecule has 2 aromatic heterocycles. The zero-order chi connectivity index (χ0) is 18.1. The van der Waals surface area contributed by atoms with Crippen LogP contribution in [-0.2, 0) is 7.05 Å². The van der Waals surface area contributed by atoms with Crippen LogP contribution in [0, 0.1) is 6.92 Å². The zero-order valence-corrected chi connectivity index (χ0v) is 15.0. The maximum Gasteiger partial charge on any atom is 0.160 e. The largest absolute Gasteiger partial charge is 0.457 e. The Morgan fingerprint density at radius 3 is 2.35 bits per heavy atom. The fraction of sp³-hybridized carbons (Fsp3) is 0.143. The maximum absolute atomic E-state index is 5.86. The molecule has 0 bridgehead atoms. The summed E-state index contributed by atoms with van der Waals surface area (Å²) in [6.45, 7) is 2.07. The van der Waals surface area contributed by atoms with Gasteiger partial charge >= 0.3 is 0 Å². The van der Waals surface area contributed by atoms with Gasteiger partial charge in [0.1, 0.15) is 23.3 Å². The fourth-order valence-corrected chi connectivity index (χ4v) is 3.01. The lowest BCUT2D eigenvalue weighted by Crippen LogP contribution is -2.13. The number of anilines is 2. The number of aryl methyl sites for hydroxylation is 2. The van der Waals surface area contributed by atoms with Crippen LogP contribution in [0.25, 0.3) is 11.0 Å². The van der Waals surface area contributed by atoms with E-state index < -0.39 is 0 Å². The van der Waals surface area contributed by atoms with E-state index in [9.17, 15) is 0 Å². The van der Waals surface area contributed by atoms with Gasteiger partial charge in [0, 0.05) is 25.5 Å². The summed E-state index contributed by atoms with van der Waals surface area (Å²) in [5.74, 6) is 2.50. The van der Waals surface area contributed by atoms with Crippen LogP contribution in [0.4, 0.5) is 11.5 Å². The Morgan fingerprint density at radius 2 is 1.62 bits per heavy atom. The molecule has 0 atom stereocenters. The van der Waals surface area contributed by atoms with Gasteiger partial charge in [-0.3, -0.25) is 0 Å². The monoisotopic (exact) mass is 344 g/mol. The molecule has 0 saturated carbocycles. The lowest BCUT2D eigenvalue weighted by atomic mass is 10.2. The van der Waals surface area contributed by atoms with Gasteiger partial charge in [-0.05, 0) is 49.4 Å². The molecule has 0 unspecified atom stereocenters. The number of ether oxygens (including phenoxy) is 1. The summed E-state index contributed by atoms with van der Waals surface area (Å²) < 4.78 is 7.98. The molecular weight excluding hydrogens is 324 g/mol. The number of hydrogen-bond donors (Lipinski definition) is 0. The van der Waals surface area contributed by atoms with Gasteiger partial charge in [-0.2, -0.15) is 0 Å². The van der Waals surface area contributed by atoms with Gasteiger partial charge in [-0.25, -0.2) is 9.97 Å². The Labute approximate surface area is 152 Å². The molecule has 2 heterocycles. The molecule has 0 aliphatic carbocycles.